The minimum atomic E-state index is 0.0380. The lowest BCUT2D eigenvalue weighted by Gasteiger charge is -2.21. The zero-order chi connectivity index (χ0) is 18.8. The van der Waals surface area contributed by atoms with Crippen LogP contribution in [0.1, 0.15) is 5.56 Å². The third kappa shape index (κ3) is 3.38. The molecule has 4 aromatic rings. The second-order valence-corrected chi connectivity index (χ2v) is 7.33. The molecule has 0 fully saturated rings. The number of nitrogens with zero attached hydrogens (tertiary/aromatic N) is 1. The topological polar surface area (TPSA) is 22.0 Å². The Bertz CT molecular complexity index is 1150. The summed E-state index contributed by atoms with van der Waals surface area (Å²) in [5.41, 5.74) is 5.60. The first-order valence-electron chi connectivity index (χ1n) is 8.78. The van der Waals surface area contributed by atoms with Gasteiger partial charge in [0, 0.05) is 27.4 Å². The van der Waals surface area contributed by atoms with Gasteiger partial charge in [-0.3, -0.25) is 4.79 Å². The molecule has 0 saturated carbocycles. The second kappa shape index (κ2) is 7.37. The maximum atomic E-state index is 12.9. The van der Waals surface area contributed by atoms with Gasteiger partial charge in [0.15, 0.2) is 5.43 Å². The highest BCUT2D eigenvalue weighted by Gasteiger charge is 2.17. The number of hydrogen-bond donors (Lipinski definition) is 0. The molecule has 0 aliphatic heterocycles. The van der Waals surface area contributed by atoms with Crippen LogP contribution in [0.5, 0.6) is 0 Å². The molecule has 2 nitrogen and oxygen atoms in total. The van der Waals surface area contributed by atoms with E-state index in [1.807, 2.05) is 73.7 Å². The summed E-state index contributed by atoms with van der Waals surface area (Å²) in [6.45, 7) is 1.90. The Balaban J connectivity index is 2.14. The third-order valence-electron chi connectivity index (χ3n) is 4.64. The molecule has 0 amide bonds. The third-order valence-corrected chi connectivity index (χ3v) is 5.13. The smallest absolute Gasteiger partial charge is 0.185 e. The zero-order valence-corrected chi connectivity index (χ0v) is 16.5. The Labute approximate surface area is 166 Å². The predicted octanol–water partition coefficient (Wildman–Crippen LogP) is 6.24. The Morgan fingerprint density at radius 3 is 2.04 bits per heavy atom. The maximum Gasteiger partial charge on any atom is 0.185 e. The second-order valence-electron chi connectivity index (χ2n) is 6.41. The van der Waals surface area contributed by atoms with Crippen molar-refractivity contribution in [2.75, 3.05) is 0 Å². The first-order chi connectivity index (χ1) is 13.1. The average molecular weight is 416 g/mol. The molecule has 27 heavy (non-hydrogen) atoms. The number of halogens is 1. The van der Waals surface area contributed by atoms with Crippen molar-refractivity contribution >= 4 is 15.9 Å². The Kier molecular flexibility index (Phi) is 4.78. The summed E-state index contributed by atoms with van der Waals surface area (Å²) in [5, 5.41) is 0. The summed E-state index contributed by atoms with van der Waals surface area (Å²) in [6, 6.07) is 30.0. The molecule has 0 saturated heterocycles. The van der Waals surface area contributed by atoms with E-state index in [0.29, 0.717) is 0 Å². The van der Waals surface area contributed by atoms with Crippen LogP contribution in [0.15, 0.2) is 100 Å². The van der Waals surface area contributed by atoms with E-state index in [4.69, 9.17) is 0 Å². The Hall–Kier alpha value is -2.91. The number of aromatic nitrogens is 1. The average Bonchev–Trinajstić information content (AvgIpc) is 2.71. The highest BCUT2D eigenvalue weighted by Crippen LogP contribution is 2.32. The minimum Gasteiger partial charge on any atom is -0.309 e. The van der Waals surface area contributed by atoms with Gasteiger partial charge in [-0.1, -0.05) is 76.6 Å². The van der Waals surface area contributed by atoms with E-state index in [0.717, 1.165) is 38.2 Å². The van der Waals surface area contributed by atoms with E-state index in [1.165, 1.54) is 0 Å². The number of pyridine rings is 1. The lowest BCUT2D eigenvalue weighted by Crippen LogP contribution is -2.15. The molecule has 1 heterocycles. The molecule has 0 atom stereocenters. The monoisotopic (exact) mass is 415 g/mol. The van der Waals surface area contributed by atoms with Gasteiger partial charge in [0.05, 0.1) is 11.4 Å². The van der Waals surface area contributed by atoms with Crippen LogP contribution in [-0.2, 0) is 0 Å². The Morgan fingerprint density at radius 2 is 1.37 bits per heavy atom. The summed E-state index contributed by atoms with van der Waals surface area (Å²) >= 11 is 3.56. The minimum absolute atomic E-state index is 0.0380. The van der Waals surface area contributed by atoms with Crippen LogP contribution in [0.25, 0.3) is 28.2 Å². The van der Waals surface area contributed by atoms with Crippen LogP contribution in [0.4, 0.5) is 0 Å². The van der Waals surface area contributed by atoms with Crippen LogP contribution >= 0.6 is 15.9 Å². The molecule has 1 aromatic heterocycles. The van der Waals surface area contributed by atoms with Crippen molar-refractivity contribution in [3.8, 4) is 28.2 Å². The summed E-state index contributed by atoms with van der Waals surface area (Å²) in [4.78, 5) is 12.9. The van der Waals surface area contributed by atoms with Gasteiger partial charge in [0.1, 0.15) is 0 Å². The van der Waals surface area contributed by atoms with Crippen molar-refractivity contribution in [3.05, 3.63) is 111 Å². The first kappa shape index (κ1) is 17.5. The highest BCUT2D eigenvalue weighted by atomic mass is 79.9. The SMILES string of the molecule is Cc1c(-c2cccc(Br)c2)n(-c2ccccc2)c(-c2ccccc2)cc1=O. The number of benzene rings is 3. The fourth-order valence-electron chi connectivity index (χ4n) is 3.35. The molecule has 0 spiro atoms. The van der Waals surface area contributed by atoms with Gasteiger partial charge in [0.2, 0.25) is 0 Å². The van der Waals surface area contributed by atoms with E-state index in [1.54, 1.807) is 6.07 Å². The first-order valence-corrected chi connectivity index (χ1v) is 9.58. The van der Waals surface area contributed by atoms with Crippen molar-refractivity contribution in [2.45, 2.75) is 6.92 Å². The van der Waals surface area contributed by atoms with Gasteiger partial charge in [-0.05, 0) is 36.8 Å². The normalized spacial score (nSPS) is 10.7. The number of hydrogen-bond acceptors (Lipinski definition) is 1. The molecule has 3 heteroatoms. The number of para-hydroxylation sites is 1. The fourth-order valence-corrected chi connectivity index (χ4v) is 3.75. The van der Waals surface area contributed by atoms with Crippen molar-refractivity contribution in [1.82, 2.24) is 4.57 Å². The molecule has 0 aliphatic carbocycles. The summed E-state index contributed by atoms with van der Waals surface area (Å²) < 4.78 is 3.16. The largest absolute Gasteiger partial charge is 0.309 e. The van der Waals surface area contributed by atoms with Gasteiger partial charge in [0.25, 0.3) is 0 Å². The summed E-state index contributed by atoms with van der Waals surface area (Å²) in [6.07, 6.45) is 0. The van der Waals surface area contributed by atoms with Gasteiger partial charge in [-0.25, -0.2) is 0 Å². The molecule has 0 N–H and O–H groups in total. The predicted molar refractivity (Wildman–Crippen MR) is 115 cm³/mol. The molecule has 4 rings (SSSR count). The standard InChI is InChI=1S/C24H18BrNO/c1-17-23(27)16-22(18-9-4-2-5-10-18)26(21-13-6-3-7-14-21)24(17)19-11-8-12-20(25)15-19/h2-16H,1H3. The summed E-state index contributed by atoms with van der Waals surface area (Å²) in [7, 11) is 0. The summed E-state index contributed by atoms with van der Waals surface area (Å²) in [5.74, 6) is 0. The van der Waals surface area contributed by atoms with Gasteiger partial charge in [-0.15, -0.1) is 0 Å². The molecule has 0 unspecified atom stereocenters. The van der Waals surface area contributed by atoms with Gasteiger partial charge >= 0.3 is 0 Å². The quantitative estimate of drug-likeness (QED) is 0.387. The van der Waals surface area contributed by atoms with E-state index in [2.05, 4.69) is 38.7 Å². The van der Waals surface area contributed by atoms with Crippen LogP contribution in [0, 0.1) is 6.92 Å². The van der Waals surface area contributed by atoms with Gasteiger partial charge in [-0.2, -0.15) is 0 Å². The van der Waals surface area contributed by atoms with E-state index in [9.17, 15) is 4.79 Å². The van der Waals surface area contributed by atoms with Crippen LogP contribution in [-0.4, -0.2) is 4.57 Å². The maximum absolute atomic E-state index is 12.9. The molecule has 0 aliphatic rings. The lowest BCUT2D eigenvalue weighted by atomic mass is 10.0. The van der Waals surface area contributed by atoms with Crippen LogP contribution in [0.3, 0.4) is 0 Å². The lowest BCUT2D eigenvalue weighted by molar-refractivity contribution is 1.04. The number of rotatable bonds is 3. The van der Waals surface area contributed by atoms with Crippen LogP contribution < -0.4 is 5.43 Å². The van der Waals surface area contributed by atoms with Crippen molar-refractivity contribution in [2.24, 2.45) is 0 Å². The molecule has 3 aromatic carbocycles. The van der Waals surface area contributed by atoms with E-state index < -0.39 is 0 Å². The van der Waals surface area contributed by atoms with E-state index in [-0.39, 0.29) is 5.43 Å². The van der Waals surface area contributed by atoms with E-state index >= 15 is 0 Å². The molecule has 0 bridgehead atoms. The van der Waals surface area contributed by atoms with Crippen molar-refractivity contribution in [3.63, 3.8) is 0 Å². The highest BCUT2D eigenvalue weighted by molar-refractivity contribution is 9.10. The zero-order valence-electron chi connectivity index (χ0n) is 14.9. The van der Waals surface area contributed by atoms with Crippen molar-refractivity contribution in [1.29, 1.82) is 0 Å². The molecular weight excluding hydrogens is 398 g/mol. The van der Waals surface area contributed by atoms with Gasteiger partial charge < -0.3 is 4.57 Å². The molecule has 0 radical (unpaired) electrons. The molecule has 132 valence electrons. The van der Waals surface area contributed by atoms with Crippen molar-refractivity contribution < 1.29 is 0 Å². The van der Waals surface area contributed by atoms with Crippen LogP contribution in [0.2, 0.25) is 0 Å². The Morgan fingerprint density at radius 1 is 0.741 bits per heavy atom. The fraction of sp³-hybridized carbons (Fsp3) is 0.0417. The molecular formula is C24H18BrNO.